The van der Waals surface area contributed by atoms with Gasteiger partial charge >= 0.3 is 6.09 Å². The molecule has 2 aromatic carbocycles. The van der Waals surface area contributed by atoms with E-state index in [1.165, 1.54) is 4.90 Å². The number of benzene rings is 2. The largest absolute Gasteiger partial charge is 0.465 e. The Bertz CT molecular complexity index is 927. The number of ether oxygens (including phenoxy) is 1. The van der Waals surface area contributed by atoms with Crippen molar-refractivity contribution in [3.63, 3.8) is 0 Å². The van der Waals surface area contributed by atoms with Gasteiger partial charge in [-0.2, -0.15) is 0 Å². The zero-order valence-corrected chi connectivity index (χ0v) is 14.3. The minimum absolute atomic E-state index is 0.344. The zero-order valence-electron chi connectivity index (χ0n) is 14.3. The van der Waals surface area contributed by atoms with E-state index in [1.807, 2.05) is 20.8 Å². The molecule has 0 atom stereocenters. The van der Waals surface area contributed by atoms with Crippen LogP contribution in [0.2, 0.25) is 0 Å². The number of nitrogens with zero attached hydrogens (tertiary/aromatic N) is 2. The number of nitrogens with two attached hydrogens (primary N) is 1. The molecule has 7 nitrogen and oxygen atoms in total. The second-order valence-electron chi connectivity index (χ2n) is 6.69. The summed E-state index contributed by atoms with van der Waals surface area (Å²) >= 11 is 0. The highest BCUT2D eigenvalue weighted by molar-refractivity contribution is 5.87. The Kier molecular flexibility index (Phi) is 4.00. The minimum Gasteiger partial charge on any atom is -0.465 e. The number of aromatic nitrogens is 2. The van der Waals surface area contributed by atoms with Crippen LogP contribution in [0.1, 0.15) is 20.8 Å². The Morgan fingerprint density at radius 3 is 2.60 bits per heavy atom. The maximum Gasteiger partial charge on any atom is 0.412 e. The van der Waals surface area contributed by atoms with Crippen molar-refractivity contribution in [3.8, 4) is 11.5 Å². The molecule has 0 saturated carbocycles. The second-order valence-corrected chi connectivity index (χ2v) is 6.69. The quantitative estimate of drug-likeness (QED) is 0.662. The SMILES string of the molecule is CC(C)(C)N(C(=O)O)c1cccc(Oc2ccc3nc(N)[nH]c3c2)c1. The maximum absolute atomic E-state index is 11.6. The van der Waals surface area contributed by atoms with Crippen molar-refractivity contribution in [2.75, 3.05) is 10.6 Å². The first-order valence-corrected chi connectivity index (χ1v) is 7.80. The third-order valence-electron chi connectivity index (χ3n) is 3.65. The Hall–Kier alpha value is -3.22. The van der Waals surface area contributed by atoms with Crippen LogP contribution in [-0.2, 0) is 0 Å². The predicted octanol–water partition coefficient (Wildman–Crippen LogP) is 4.22. The fourth-order valence-electron chi connectivity index (χ4n) is 2.68. The van der Waals surface area contributed by atoms with Crippen molar-refractivity contribution in [1.29, 1.82) is 0 Å². The van der Waals surface area contributed by atoms with E-state index in [1.54, 1.807) is 42.5 Å². The zero-order chi connectivity index (χ0) is 18.2. The highest BCUT2D eigenvalue weighted by Crippen LogP contribution is 2.30. The second kappa shape index (κ2) is 6.01. The van der Waals surface area contributed by atoms with Crippen molar-refractivity contribution in [2.24, 2.45) is 0 Å². The number of hydrogen-bond donors (Lipinski definition) is 3. The van der Waals surface area contributed by atoms with Crippen LogP contribution >= 0.6 is 0 Å². The Morgan fingerprint density at radius 1 is 1.20 bits per heavy atom. The predicted molar refractivity (Wildman–Crippen MR) is 97.3 cm³/mol. The molecule has 1 aromatic heterocycles. The van der Waals surface area contributed by atoms with Crippen molar-refractivity contribution >= 4 is 28.8 Å². The topological polar surface area (TPSA) is 104 Å². The number of rotatable bonds is 3. The summed E-state index contributed by atoms with van der Waals surface area (Å²) in [5.74, 6) is 1.49. The van der Waals surface area contributed by atoms with Crippen molar-refractivity contribution < 1.29 is 14.6 Å². The summed E-state index contributed by atoms with van der Waals surface area (Å²) in [5, 5.41) is 9.53. The lowest BCUT2D eigenvalue weighted by Gasteiger charge is -2.33. The average Bonchev–Trinajstić information content (AvgIpc) is 2.85. The first-order chi connectivity index (χ1) is 11.7. The number of imidazole rings is 1. The van der Waals surface area contributed by atoms with Gasteiger partial charge in [0.1, 0.15) is 11.5 Å². The van der Waals surface area contributed by atoms with Gasteiger partial charge in [-0.15, -0.1) is 0 Å². The first kappa shape index (κ1) is 16.6. The van der Waals surface area contributed by atoms with Gasteiger partial charge in [-0.1, -0.05) is 6.07 Å². The third kappa shape index (κ3) is 3.50. The number of fused-ring (bicyclic) bond motifs is 1. The highest BCUT2D eigenvalue weighted by atomic mass is 16.5. The summed E-state index contributed by atoms with van der Waals surface area (Å²) in [7, 11) is 0. The Balaban J connectivity index is 1.91. The van der Waals surface area contributed by atoms with Gasteiger partial charge in [0.15, 0.2) is 5.95 Å². The molecule has 0 aliphatic rings. The van der Waals surface area contributed by atoms with Crippen LogP contribution in [0.5, 0.6) is 11.5 Å². The molecule has 0 aliphatic heterocycles. The summed E-state index contributed by atoms with van der Waals surface area (Å²) in [6, 6.07) is 12.4. The van der Waals surface area contributed by atoms with E-state index in [0.717, 1.165) is 11.0 Å². The molecule has 7 heteroatoms. The fourth-order valence-corrected chi connectivity index (χ4v) is 2.68. The molecule has 0 bridgehead atoms. The highest BCUT2D eigenvalue weighted by Gasteiger charge is 2.28. The molecule has 1 heterocycles. The van der Waals surface area contributed by atoms with Gasteiger partial charge in [-0.25, -0.2) is 9.78 Å². The van der Waals surface area contributed by atoms with Crippen LogP contribution in [-0.4, -0.2) is 26.7 Å². The van der Waals surface area contributed by atoms with E-state index in [4.69, 9.17) is 10.5 Å². The number of carboxylic acid groups (broad SMARTS) is 1. The van der Waals surface area contributed by atoms with Gasteiger partial charge in [0.05, 0.1) is 16.7 Å². The molecular formula is C18H20N4O3. The van der Waals surface area contributed by atoms with Crippen molar-refractivity contribution in [1.82, 2.24) is 9.97 Å². The van der Waals surface area contributed by atoms with E-state index in [0.29, 0.717) is 23.1 Å². The van der Waals surface area contributed by atoms with Crippen LogP contribution in [0.15, 0.2) is 42.5 Å². The molecule has 0 saturated heterocycles. The third-order valence-corrected chi connectivity index (χ3v) is 3.65. The number of hydrogen-bond acceptors (Lipinski definition) is 4. The molecule has 3 aromatic rings. The lowest BCUT2D eigenvalue weighted by Crippen LogP contribution is -2.45. The van der Waals surface area contributed by atoms with Gasteiger partial charge in [0.25, 0.3) is 0 Å². The number of anilines is 2. The lowest BCUT2D eigenvalue weighted by molar-refractivity contribution is 0.195. The summed E-state index contributed by atoms with van der Waals surface area (Å²) < 4.78 is 5.87. The summed E-state index contributed by atoms with van der Waals surface area (Å²) in [6.45, 7) is 5.52. The van der Waals surface area contributed by atoms with Crippen molar-refractivity contribution in [2.45, 2.75) is 26.3 Å². The van der Waals surface area contributed by atoms with Crippen LogP contribution in [0.3, 0.4) is 0 Å². The number of carbonyl (C=O) groups is 1. The Labute approximate surface area is 145 Å². The lowest BCUT2D eigenvalue weighted by atomic mass is 10.1. The normalized spacial score (nSPS) is 11.5. The number of nitrogens with one attached hydrogen (secondary N) is 1. The smallest absolute Gasteiger partial charge is 0.412 e. The van der Waals surface area contributed by atoms with Crippen LogP contribution in [0, 0.1) is 0 Å². The van der Waals surface area contributed by atoms with E-state index < -0.39 is 11.6 Å². The van der Waals surface area contributed by atoms with Gasteiger partial charge in [0.2, 0.25) is 0 Å². The Morgan fingerprint density at radius 2 is 1.92 bits per heavy atom. The van der Waals surface area contributed by atoms with Crippen LogP contribution in [0.4, 0.5) is 16.4 Å². The molecule has 0 radical (unpaired) electrons. The fraction of sp³-hybridized carbons (Fsp3) is 0.222. The summed E-state index contributed by atoms with van der Waals surface area (Å²) in [5.41, 5.74) is 7.14. The van der Waals surface area contributed by atoms with E-state index in [9.17, 15) is 9.90 Å². The van der Waals surface area contributed by atoms with Gasteiger partial charge in [-0.05, 0) is 45.0 Å². The molecule has 0 unspecified atom stereocenters. The summed E-state index contributed by atoms with van der Waals surface area (Å²) in [6.07, 6.45) is -1.01. The first-order valence-electron chi connectivity index (χ1n) is 7.80. The molecule has 25 heavy (non-hydrogen) atoms. The molecule has 0 aliphatic carbocycles. The maximum atomic E-state index is 11.6. The standard InChI is InChI=1S/C18H20N4O3/c1-18(2,3)22(17(23)24)11-5-4-6-12(9-11)25-13-7-8-14-15(10-13)21-16(19)20-14/h4-10H,1-3H3,(H,23,24)(H3,19,20,21). The van der Waals surface area contributed by atoms with Crippen LogP contribution in [0.25, 0.3) is 11.0 Å². The molecule has 130 valence electrons. The molecule has 3 rings (SSSR count). The molecule has 1 amide bonds. The van der Waals surface area contributed by atoms with Crippen LogP contribution < -0.4 is 15.4 Å². The number of H-pyrrole nitrogens is 1. The van der Waals surface area contributed by atoms with Crippen molar-refractivity contribution in [3.05, 3.63) is 42.5 Å². The molecular weight excluding hydrogens is 320 g/mol. The van der Waals surface area contributed by atoms with E-state index in [2.05, 4.69) is 9.97 Å². The molecule has 0 fully saturated rings. The van der Waals surface area contributed by atoms with E-state index in [-0.39, 0.29) is 0 Å². The molecule has 4 N–H and O–H groups in total. The average molecular weight is 340 g/mol. The number of nitrogen functional groups attached to an aromatic ring is 1. The van der Waals surface area contributed by atoms with Gasteiger partial charge < -0.3 is 20.6 Å². The monoisotopic (exact) mass is 340 g/mol. The minimum atomic E-state index is -1.01. The number of aromatic amines is 1. The van der Waals surface area contributed by atoms with E-state index >= 15 is 0 Å². The van der Waals surface area contributed by atoms with Gasteiger partial charge in [-0.3, -0.25) is 4.90 Å². The summed E-state index contributed by atoms with van der Waals surface area (Å²) in [4.78, 5) is 20.0. The molecule has 0 spiro atoms. The number of amides is 1. The van der Waals surface area contributed by atoms with Gasteiger partial charge in [0, 0.05) is 17.7 Å².